The molecular formula is C16H23ClN2O4S. The molecule has 0 aliphatic carbocycles. The van der Waals surface area contributed by atoms with Crippen LogP contribution in [0.25, 0.3) is 0 Å². The van der Waals surface area contributed by atoms with Crippen LogP contribution in [0.15, 0.2) is 18.2 Å². The van der Waals surface area contributed by atoms with Crippen LogP contribution in [-0.4, -0.2) is 51.7 Å². The molecule has 1 heterocycles. The molecule has 0 saturated carbocycles. The first-order chi connectivity index (χ1) is 11.3. The number of carbonyl (C=O) groups is 1. The molecule has 1 fully saturated rings. The Kier molecular flexibility index (Phi) is 5.98. The smallest absolute Gasteiger partial charge is 0.246 e. The van der Waals surface area contributed by atoms with Gasteiger partial charge in [-0.25, -0.2) is 8.42 Å². The fourth-order valence-corrected chi connectivity index (χ4v) is 4.37. The summed E-state index contributed by atoms with van der Waals surface area (Å²) in [6.45, 7) is 3.13. The zero-order valence-corrected chi connectivity index (χ0v) is 15.7. The van der Waals surface area contributed by atoms with Gasteiger partial charge in [-0.1, -0.05) is 18.5 Å². The number of likely N-dealkylation sites (tertiary alicyclic amines) is 1. The summed E-state index contributed by atoms with van der Waals surface area (Å²) in [5.41, 5.74) is 0.284. The SMILES string of the molecule is CCC(C(=O)N1CCCC1)N(c1cc(Cl)ccc1OC)S(C)(=O)=O. The van der Waals surface area contributed by atoms with Crippen LogP contribution in [0.4, 0.5) is 5.69 Å². The van der Waals surface area contributed by atoms with Crippen LogP contribution in [-0.2, 0) is 14.8 Å². The highest BCUT2D eigenvalue weighted by molar-refractivity contribution is 7.92. The molecule has 0 radical (unpaired) electrons. The summed E-state index contributed by atoms with van der Waals surface area (Å²) in [6, 6.07) is 3.92. The summed E-state index contributed by atoms with van der Waals surface area (Å²) in [7, 11) is -2.25. The molecule has 134 valence electrons. The van der Waals surface area contributed by atoms with Gasteiger partial charge in [-0.3, -0.25) is 9.10 Å². The standard InChI is InChI=1S/C16H23ClN2O4S/c1-4-13(16(20)18-9-5-6-10-18)19(24(3,21)22)14-11-12(17)7-8-15(14)23-2/h7-8,11,13H,4-6,9-10H2,1-3H3. The van der Waals surface area contributed by atoms with Crippen LogP contribution in [0, 0.1) is 0 Å². The van der Waals surface area contributed by atoms with Crippen LogP contribution >= 0.6 is 11.6 Å². The number of benzene rings is 1. The van der Waals surface area contributed by atoms with E-state index in [0.717, 1.165) is 23.4 Å². The highest BCUT2D eigenvalue weighted by Gasteiger charge is 2.36. The van der Waals surface area contributed by atoms with Crippen molar-refractivity contribution in [3.8, 4) is 5.75 Å². The Morgan fingerprint density at radius 2 is 2.00 bits per heavy atom. The van der Waals surface area contributed by atoms with E-state index in [9.17, 15) is 13.2 Å². The second-order valence-electron chi connectivity index (χ2n) is 5.83. The molecule has 1 aromatic carbocycles. The van der Waals surface area contributed by atoms with Crippen molar-refractivity contribution in [3.63, 3.8) is 0 Å². The number of sulfonamides is 1. The van der Waals surface area contributed by atoms with Crippen molar-refractivity contribution < 1.29 is 17.9 Å². The van der Waals surface area contributed by atoms with Crippen molar-refractivity contribution in [1.82, 2.24) is 4.90 Å². The molecule has 2 rings (SSSR count). The van der Waals surface area contributed by atoms with Gasteiger partial charge in [-0.2, -0.15) is 0 Å². The van der Waals surface area contributed by atoms with Gasteiger partial charge in [0.25, 0.3) is 0 Å². The van der Waals surface area contributed by atoms with Gasteiger partial charge in [0.05, 0.1) is 19.1 Å². The Labute approximate surface area is 148 Å². The second kappa shape index (κ2) is 7.61. The molecular weight excluding hydrogens is 352 g/mol. The van der Waals surface area contributed by atoms with E-state index in [4.69, 9.17) is 16.3 Å². The van der Waals surface area contributed by atoms with E-state index in [-0.39, 0.29) is 11.6 Å². The number of halogens is 1. The number of hydrogen-bond acceptors (Lipinski definition) is 4. The molecule has 1 atom stereocenters. The monoisotopic (exact) mass is 374 g/mol. The number of hydrogen-bond donors (Lipinski definition) is 0. The molecule has 1 amide bonds. The molecule has 1 aliphatic heterocycles. The van der Waals surface area contributed by atoms with Gasteiger partial charge in [-0.05, 0) is 37.5 Å². The first kappa shape index (κ1) is 18.9. The minimum Gasteiger partial charge on any atom is -0.495 e. The lowest BCUT2D eigenvalue weighted by Gasteiger charge is -2.33. The quantitative estimate of drug-likeness (QED) is 0.767. The average molecular weight is 375 g/mol. The van der Waals surface area contributed by atoms with E-state index in [0.29, 0.717) is 30.3 Å². The van der Waals surface area contributed by atoms with Crippen molar-refractivity contribution in [2.24, 2.45) is 0 Å². The summed E-state index contributed by atoms with van der Waals surface area (Å²) in [6.07, 6.45) is 3.34. The van der Waals surface area contributed by atoms with Gasteiger partial charge in [0.1, 0.15) is 11.8 Å². The number of carbonyl (C=O) groups excluding carboxylic acids is 1. The molecule has 1 aromatic rings. The third kappa shape index (κ3) is 3.95. The van der Waals surface area contributed by atoms with E-state index in [1.165, 1.54) is 13.2 Å². The van der Waals surface area contributed by atoms with Crippen molar-refractivity contribution in [3.05, 3.63) is 23.2 Å². The molecule has 6 nitrogen and oxygen atoms in total. The third-order valence-corrected chi connectivity index (χ3v) is 5.51. The number of methoxy groups -OCH3 is 1. The lowest BCUT2D eigenvalue weighted by atomic mass is 10.1. The number of amides is 1. The summed E-state index contributed by atoms with van der Waals surface area (Å²) >= 11 is 6.05. The first-order valence-corrected chi connectivity index (χ1v) is 10.1. The number of nitrogens with zero attached hydrogens (tertiary/aromatic N) is 2. The summed E-state index contributed by atoms with van der Waals surface area (Å²) < 4.78 is 31.4. The third-order valence-electron chi connectivity index (χ3n) is 4.11. The molecule has 0 aromatic heterocycles. The highest BCUT2D eigenvalue weighted by atomic mass is 35.5. The first-order valence-electron chi connectivity index (χ1n) is 7.91. The van der Waals surface area contributed by atoms with Crippen LogP contribution in [0.1, 0.15) is 26.2 Å². The van der Waals surface area contributed by atoms with Gasteiger partial charge in [0, 0.05) is 18.1 Å². The largest absolute Gasteiger partial charge is 0.495 e. The van der Waals surface area contributed by atoms with Crippen molar-refractivity contribution >= 4 is 33.2 Å². The Bertz CT molecular complexity index is 702. The number of ether oxygens (including phenoxy) is 1. The van der Waals surface area contributed by atoms with Crippen molar-refractivity contribution in [2.45, 2.75) is 32.2 Å². The maximum Gasteiger partial charge on any atom is 0.246 e. The predicted molar refractivity (Wildman–Crippen MR) is 95.2 cm³/mol. The average Bonchev–Trinajstić information content (AvgIpc) is 3.05. The van der Waals surface area contributed by atoms with Gasteiger partial charge in [-0.15, -0.1) is 0 Å². The number of rotatable bonds is 6. The van der Waals surface area contributed by atoms with Gasteiger partial charge in [0.2, 0.25) is 15.9 Å². The zero-order valence-electron chi connectivity index (χ0n) is 14.2. The molecule has 1 aliphatic rings. The van der Waals surface area contributed by atoms with Crippen molar-refractivity contribution in [1.29, 1.82) is 0 Å². The fraction of sp³-hybridized carbons (Fsp3) is 0.562. The maximum atomic E-state index is 12.9. The lowest BCUT2D eigenvalue weighted by Crippen LogP contribution is -2.50. The minimum atomic E-state index is -3.71. The normalized spacial score (nSPS) is 16.1. The molecule has 0 N–H and O–H groups in total. The Morgan fingerprint density at radius 1 is 1.38 bits per heavy atom. The summed E-state index contributed by atoms with van der Waals surface area (Å²) in [5.74, 6) is 0.181. The predicted octanol–water partition coefficient (Wildman–Crippen LogP) is 2.52. The van der Waals surface area contributed by atoms with Crippen LogP contribution < -0.4 is 9.04 Å². The molecule has 0 bridgehead atoms. The molecule has 8 heteroatoms. The molecule has 24 heavy (non-hydrogen) atoms. The van der Waals surface area contributed by atoms with E-state index in [2.05, 4.69) is 0 Å². The second-order valence-corrected chi connectivity index (χ2v) is 8.13. The molecule has 1 saturated heterocycles. The summed E-state index contributed by atoms with van der Waals surface area (Å²) in [4.78, 5) is 14.6. The molecule has 1 unspecified atom stereocenters. The fourth-order valence-electron chi connectivity index (χ4n) is 3.00. The van der Waals surface area contributed by atoms with Crippen LogP contribution in [0.2, 0.25) is 5.02 Å². The Morgan fingerprint density at radius 3 is 2.50 bits per heavy atom. The van der Waals surface area contributed by atoms with Crippen LogP contribution in [0.3, 0.4) is 0 Å². The van der Waals surface area contributed by atoms with E-state index >= 15 is 0 Å². The summed E-state index contributed by atoms with van der Waals surface area (Å²) in [5, 5.41) is 0.378. The lowest BCUT2D eigenvalue weighted by molar-refractivity contribution is -0.131. The van der Waals surface area contributed by atoms with Crippen LogP contribution in [0.5, 0.6) is 5.75 Å². The van der Waals surface area contributed by atoms with E-state index in [1.54, 1.807) is 24.0 Å². The Hall–Kier alpha value is -1.47. The topological polar surface area (TPSA) is 66.9 Å². The highest BCUT2D eigenvalue weighted by Crippen LogP contribution is 2.35. The van der Waals surface area contributed by atoms with E-state index in [1.807, 2.05) is 0 Å². The maximum absolute atomic E-state index is 12.9. The van der Waals surface area contributed by atoms with Crippen molar-refractivity contribution in [2.75, 3.05) is 30.8 Å². The zero-order chi connectivity index (χ0) is 17.9. The number of anilines is 1. The van der Waals surface area contributed by atoms with Gasteiger partial charge in [0.15, 0.2) is 0 Å². The minimum absolute atomic E-state index is 0.178. The van der Waals surface area contributed by atoms with Gasteiger partial charge >= 0.3 is 0 Å². The van der Waals surface area contributed by atoms with E-state index < -0.39 is 16.1 Å². The van der Waals surface area contributed by atoms with Gasteiger partial charge < -0.3 is 9.64 Å². The Balaban J connectivity index is 2.52. The molecule has 0 spiro atoms.